The number of rotatable bonds is 6. The number of hydrogen-bond donors (Lipinski definition) is 1. The van der Waals surface area contributed by atoms with Crippen molar-refractivity contribution >= 4 is 0 Å². The molecule has 0 bridgehead atoms. The molecule has 1 unspecified atom stereocenters. The third-order valence-electron chi connectivity index (χ3n) is 4.00. The molecule has 3 heteroatoms. The van der Waals surface area contributed by atoms with Crippen molar-refractivity contribution in [2.75, 3.05) is 7.05 Å². The summed E-state index contributed by atoms with van der Waals surface area (Å²) in [5, 5.41) is 8.10. The Morgan fingerprint density at radius 2 is 1.90 bits per heavy atom. The average Bonchev–Trinajstić information content (AvgIpc) is 2.75. The molecule has 0 saturated carbocycles. The first-order valence-electron chi connectivity index (χ1n) is 7.42. The summed E-state index contributed by atoms with van der Waals surface area (Å²) in [6.45, 7) is 7.44. The van der Waals surface area contributed by atoms with Gasteiger partial charge in [0.25, 0.3) is 0 Å². The van der Waals surface area contributed by atoms with Gasteiger partial charge in [-0.2, -0.15) is 5.10 Å². The second-order valence-corrected chi connectivity index (χ2v) is 5.29. The molecule has 20 heavy (non-hydrogen) atoms. The molecule has 1 aromatic carbocycles. The smallest absolute Gasteiger partial charge is 0.0644 e. The fourth-order valence-electron chi connectivity index (χ4n) is 2.87. The van der Waals surface area contributed by atoms with Gasteiger partial charge in [-0.1, -0.05) is 37.3 Å². The Hall–Kier alpha value is -1.61. The summed E-state index contributed by atoms with van der Waals surface area (Å²) in [6.07, 6.45) is 2.11. The first-order valence-corrected chi connectivity index (χ1v) is 7.42. The van der Waals surface area contributed by atoms with Crippen molar-refractivity contribution in [2.24, 2.45) is 0 Å². The summed E-state index contributed by atoms with van der Waals surface area (Å²) in [6, 6.07) is 11.0. The molecular formula is C17H25N3. The summed E-state index contributed by atoms with van der Waals surface area (Å²) >= 11 is 0. The fraction of sp³-hybridized carbons (Fsp3) is 0.471. The Bertz CT molecular complexity index is 539. The van der Waals surface area contributed by atoms with E-state index in [-0.39, 0.29) is 0 Å². The molecule has 1 atom stereocenters. The topological polar surface area (TPSA) is 29.9 Å². The molecule has 1 aromatic heterocycles. The normalized spacial score (nSPS) is 12.6. The number of nitrogens with zero attached hydrogens (tertiary/aromatic N) is 2. The standard InChI is InChI=1S/C17H25N3/c1-5-16(18-4)17-13(2)19-20(14(17)3)12-11-15-9-7-6-8-10-15/h6-10,16,18H,5,11-12H2,1-4H3. The molecule has 0 spiro atoms. The monoisotopic (exact) mass is 271 g/mol. The van der Waals surface area contributed by atoms with Crippen LogP contribution in [0.15, 0.2) is 30.3 Å². The lowest BCUT2D eigenvalue weighted by molar-refractivity contribution is 0.562. The van der Waals surface area contributed by atoms with Gasteiger partial charge in [-0.3, -0.25) is 4.68 Å². The molecule has 0 radical (unpaired) electrons. The zero-order valence-corrected chi connectivity index (χ0v) is 13.0. The third-order valence-corrected chi connectivity index (χ3v) is 4.00. The lowest BCUT2D eigenvalue weighted by Crippen LogP contribution is -2.17. The maximum absolute atomic E-state index is 4.72. The molecule has 0 saturated heterocycles. The molecule has 0 fully saturated rings. The molecule has 1 heterocycles. The highest BCUT2D eigenvalue weighted by molar-refractivity contribution is 5.28. The summed E-state index contributed by atoms with van der Waals surface area (Å²) in [5.41, 5.74) is 5.17. The average molecular weight is 271 g/mol. The summed E-state index contributed by atoms with van der Waals surface area (Å²) < 4.78 is 2.15. The fourth-order valence-corrected chi connectivity index (χ4v) is 2.87. The zero-order valence-electron chi connectivity index (χ0n) is 13.0. The van der Waals surface area contributed by atoms with Gasteiger partial charge in [-0.25, -0.2) is 0 Å². The van der Waals surface area contributed by atoms with Crippen LogP contribution in [0.2, 0.25) is 0 Å². The number of benzene rings is 1. The van der Waals surface area contributed by atoms with E-state index in [4.69, 9.17) is 5.10 Å². The second-order valence-electron chi connectivity index (χ2n) is 5.29. The van der Waals surface area contributed by atoms with Crippen molar-refractivity contribution in [3.05, 3.63) is 52.8 Å². The van der Waals surface area contributed by atoms with E-state index in [9.17, 15) is 0 Å². The molecule has 0 aliphatic rings. The van der Waals surface area contributed by atoms with Crippen molar-refractivity contribution in [3.63, 3.8) is 0 Å². The van der Waals surface area contributed by atoms with Crippen molar-refractivity contribution < 1.29 is 0 Å². The highest BCUT2D eigenvalue weighted by Gasteiger charge is 2.18. The lowest BCUT2D eigenvalue weighted by atomic mass is 10.0. The number of aromatic nitrogens is 2. The van der Waals surface area contributed by atoms with Crippen LogP contribution in [-0.4, -0.2) is 16.8 Å². The summed E-state index contributed by atoms with van der Waals surface area (Å²) in [4.78, 5) is 0. The second kappa shape index (κ2) is 6.71. The molecule has 2 aromatic rings. The van der Waals surface area contributed by atoms with E-state index in [1.54, 1.807) is 0 Å². The van der Waals surface area contributed by atoms with Crippen molar-refractivity contribution in [1.82, 2.24) is 15.1 Å². The molecule has 0 aliphatic carbocycles. The van der Waals surface area contributed by atoms with Gasteiger partial charge >= 0.3 is 0 Å². The van der Waals surface area contributed by atoms with Gasteiger partial charge in [0.05, 0.1) is 5.69 Å². The minimum Gasteiger partial charge on any atom is -0.313 e. The summed E-state index contributed by atoms with van der Waals surface area (Å²) in [7, 11) is 2.02. The van der Waals surface area contributed by atoms with Crippen LogP contribution >= 0.6 is 0 Å². The molecule has 108 valence electrons. The highest BCUT2D eigenvalue weighted by Crippen LogP contribution is 2.23. The Kier molecular flexibility index (Phi) is 4.96. The molecule has 0 aliphatic heterocycles. The molecule has 3 nitrogen and oxygen atoms in total. The van der Waals surface area contributed by atoms with Gasteiger partial charge in [0.15, 0.2) is 0 Å². The molecule has 0 amide bonds. The quantitative estimate of drug-likeness (QED) is 0.872. The summed E-state index contributed by atoms with van der Waals surface area (Å²) in [5.74, 6) is 0. The zero-order chi connectivity index (χ0) is 14.5. The van der Waals surface area contributed by atoms with Crippen LogP contribution < -0.4 is 5.32 Å². The van der Waals surface area contributed by atoms with Crippen LogP contribution in [-0.2, 0) is 13.0 Å². The first-order chi connectivity index (χ1) is 9.67. The van der Waals surface area contributed by atoms with E-state index in [0.717, 1.165) is 25.1 Å². The van der Waals surface area contributed by atoms with E-state index in [1.807, 2.05) is 7.05 Å². The Morgan fingerprint density at radius 1 is 1.20 bits per heavy atom. The molecular weight excluding hydrogens is 246 g/mol. The van der Waals surface area contributed by atoms with Crippen molar-refractivity contribution in [2.45, 2.75) is 46.2 Å². The van der Waals surface area contributed by atoms with Crippen LogP contribution in [0, 0.1) is 13.8 Å². The predicted octanol–water partition coefficient (Wildman–Crippen LogP) is 3.41. The van der Waals surface area contributed by atoms with E-state index in [1.165, 1.54) is 16.8 Å². The van der Waals surface area contributed by atoms with Crippen LogP contribution in [0.25, 0.3) is 0 Å². The SMILES string of the molecule is CCC(NC)c1c(C)nn(CCc2ccccc2)c1C. The number of hydrogen-bond acceptors (Lipinski definition) is 2. The van der Waals surface area contributed by atoms with E-state index >= 15 is 0 Å². The van der Waals surface area contributed by atoms with E-state index in [0.29, 0.717) is 6.04 Å². The van der Waals surface area contributed by atoms with Crippen LogP contribution in [0.5, 0.6) is 0 Å². The van der Waals surface area contributed by atoms with Gasteiger partial charge in [0, 0.05) is 23.8 Å². The van der Waals surface area contributed by atoms with Crippen LogP contribution in [0.4, 0.5) is 0 Å². The van der Waals surface area contributed by atoms with E-state index in [2.05, 4.69) is 61.1 Å². The Morgan fingerprint density at radius 3 is 2.50 bits per heavy atom. The number of nitrogens with one attached hydrogen (secondary N) is 1. The van der Waals surface area contributed by atoms with Crippen molar-refractivity contribution in [1.29, 1.82) is 0 Å². The predicted molar refractivity (Wildman–Crippen MR) is 83.9 cm³/mol. The molecule has 2 rings (SSSR count). The number of aryl methyl sites for hydroxylation is 3. The minimum absolute atomic E-state index is 0.403. The third kappa shape index (κ3) is 3.10. The maximum Gasteiger partial charge on any atom is 0.0644 e. The van der Waals surface area contributed by atoms with Gasteiger partial charge in [0.2, 0.25) is 0 Å². The Balaban J connectivity index is 2.15. The van der Waals surface area contributed by atoms with E-state index < -0.39 is 0 Å². The Labute approximate surface area is 122 Å². The molecule has 1 N–H and O–H groups in total. The lowest BCUT2D eigenvalue weighted by Gasteiger charge is -2.14. The van der Waals surface area contributed by atoms with Gasteiger partial charge < -0.3 is 5.32 Å². The first kappa shape index (κ1) is 14.8. The van der Waals surface area contributed by atoms with Gasteiger partial charge in [-0.15, -0.1) is 0 Å². The minimum atomic E-state index is 0.403. The maximum atomic E-state index is 4.72. The highest BCUT2D eigenvalue weighted by atomic mass is 15.3. The largest absolute Gasteiger partial charge is 0.313 e. The van der Waals surface area contributed by atoms with Gasteiger partial charge in [0.1, 0.15) is 0 Å². The van der Waals surface area contributed by atoms with Crippen LogP contribution in [0.3, 0.4) is 0 Å². The van der Waals surface area contributed by atoms with Crippen LogP contribution in [0.1, 0.15) is 41.9 Å². The van der Waals surface area contributed by atoms with Crippen molar-refractivity contribution in [3.8, 4) is 0 Å². The van der Waals surface area contributed by atoms with Gasteiger partial charge in [-0.05, 0) is 39.3 Å².